The van der Waals surface area contributed by atoms with E-state index >= 15 is 0 Å². The lowest BCUT2D eigenvalue weighted by Crippen LogP contribution is -2.48. The molecule has 0 amide bonds. The fourth-order valence-electron chi connectivity index (χ4n) is 1.86. The minimum absolute atomic E-state index is 0.0761. The second-order valence-corrected chi connectivity index (χ2v) is 3.58. The molecule has 0 saturated carbocycles. The van der Waals surface area contributed by atoms with Crippen LogP contribution >= 0.6 is 0 Å². The zero-order valence-corrected chi connectivity index (χ0v) is 7.75. The summed E-state index contributed by atoms with van der Waals surface area (Å²) in [6, 6.07) is 0.545. The molecule has 1 aliphatic rings. The Kier molecular flexibility index (Phi) is 2.90. The van der Waals surface area contributed by atoms with Crippen LogP contribution in [0.2, 0.25) is 0 Å². The molecule has 0 aromatic heterocycles. The molecule has 1 aliphatic heterocycles. The first-order chi connectivity index (χ1) is 5.16. The number of aliphatic hydroxyl groups is 1. The average Bonchev–Trinajstić information content (AvgIpc) is 2.01. The summed E-state index contributed by atoms with van der Waals surface area (Å²) in [6.45, 7) is 8.69. The summed E-state index contributed by atoms with van der Waals surface area (Å²) in [4.78, 5) is 2.43. The van der Waals surface area contributed by atoms with E-state index in [1.807, 2.05) is 0 Å². The molecule has 3 atom stereocenters. The van der Waals surface area contributed by atoms with Crippen LogP contribution in [-0.2, 0) is 0 Å². The highest BCUT2D eigenvalue weighted by atomic mass is 16.3. The molecule has 1 heterocycles. The molecule has 66 valence electrons. The molecule has 0 radical (unpaired) electrons. The van der Waals surface area contributed by atoms with Gasteiger partial charge in [0, 0.05) is 12.6 Å². The highest BCUT2D eigenvalue weighted by Crippen LogP contribution is 2.22. The lowest BCUT2D eigenvalue weighted by molar-refractivity contribution is 0.000891. The minimum atomic E-state index is -0.0761. The van der Waals surface area contributed by atoms with E-state index < -0.39 is 0 Å². The van der Waals surface area contributed by atoms with Crippen molar-refractivity contribution in [2.24, 2.45) is 5.92 Å². The van der Waals surface area contributed by atoms with Crippen molar-refractivity contribution in [3.63, 3.8) is 0 Å². The molecule has 11 heavy (non-hydrogen) atoms. The van der Waals surface area contributed by atoms with Crippen molar-refractivity contribution in [2.75, 3.05) is 13.1 Å². The molecule has 2 heteroatoms. The molecular formula is C9H19NO. The van der Waals surface area contributed by atoms with Crippen molar-refractivity contribution >= 4 is 0 Å². The van der Waals surface area contributed by atoms with E-state index in [9.17, 15) is 5.11 Å². The lowest BCUT2D eigenvalue weighted by Gasteiger charge is -2.40. The van der Waals surface area contributed by atoms with Gasteiger partial charge in [-0.05, 0) is 25.8 Å². The number of nitrogens with zero attached hydrogens (tertiary/aromatic N) is 1. The maximum Gasteiger partial charge on any atom is 0.0592 e. The van der Waals surface area contributed by atoms with Gasteiger partial charge in [-0.25, -0.2) is 0 Å². The summed E-state index contributed by atoms with van der Waals surface area (Å²) in [7, 11) is 0. The first-order valence-corrected chi connectivity index (χ1v) is 4.59. The van der Waals surface area contributed by atoms with Gasteiger partial charge in [0.05, 0.1) is 6.10 Å². The van der Waals surface area contributed by atoms with Gasteiger partial charge >= 0.3 is 0 Å². The second kappa shape index (κ2) is 3.55. The van der Waals surface area contributed by atoms with Crippen LogP contribution in [0.3, 0.4) is 0 Å². The van der Waals surface area contributed by atoms with Crippen LogP contribution in [0.4, 0.5) is 0 Å². The van der Waals surface area contributed by atoms with E-state index in [2.05, 4.69) is 25.7 Å². The Hall–Kier alpha value is -0.0800. The number of piperidine rings is 1. The van der Waals surface area contributed by atoms with Crippen LogP contribution < -0.4 is 0 Å². The van der Waals surface area contributed by atoms with E-state index in [-0.39, 0.29) is 6.10 Å². The van der Waals surface area contributed by atoms with E-state index in [1.54, 1.807) is 0 Å². The van der Waals surface area contributed by atoms with Crippen LogP contribution in [0, 0.1) is 5.92 Å². The van der Waals surface area contributed by atoms with Gasteiger partial charge in [0.1, 0.15) is 0 Å². The fraction of sp³-hybridized carbons (Fsp3) is 1.00. The first kappa shape index (κ1) is 9.01. The van der Waals surface area contributed by atoms with E-state index in [0.29, 0.717) is 12.0 Å². The van der Waals surface area contributed by atoms with Gasteiger partial charge in [0.2, 0.25) is 0 Å². The Morgan fingerprint density at radius 3 is 2.64 bits per heavy atom. The third-order valence-corrected chi connectivity index (χ3v) is 3.06. The van der Waals surface area contributed by atoms with Gasteiger partial charge in [-0.15, -0.1) is 0 Å². The van der Waals surface area contributed by atoms with Crippen LogP contribution in [-0.4, -0.2) is 35.2 Å². The number of rotatable bonds is 1. The molecule has 0 aliphatic carbocycles. The highest BCUT2D eigenvalue weighted by Gasteiger charge is 2.29. The predicted octanol–water partition coefficient (Wildman–Crippen LogP) is 1.10. The Morgan fingerprint density at radius 2 is 2.09 bits per heavy atom. The van der Waals surface area contributed by atoms with E-state index in [0.717, 1.165) is 19.5 Å². The molecule has 1 saturated heterocycles. The summed E-state index contributed by atoms with van der Waals surface area (Å²) in [6.07, 6.45) is 0.868. The van der Waals surface area contributed by atoms with Crippen molar-refractivity contribution in [1.29, 1.82) is 0 Å². The molecule has 1 N–H and O–H groups in total. The zero-order valence-electron chi connectivity index (χ0n) is 7.75. The third-order valence-electron chi connectivity index (χ3n) is 3.06. The summed E-state index contributed by atoms with van der Waals surface area (Å²) >= 11 is 0. The quantitative estimate of drug-likeness (QED) is 0.616. The molecule has 0 bridgehead atoms. The largest absolute Gasteiger partial charge is 0.393 e. The van der Waals surface area contributed by atoms with E-state index in [4.69, 9.17) is 0 Å². The minimum Gasteiger partial charge on any atom is -0.393 e. The van der Waals surface area contributed by atoms with Crippen LogP contribution in [0.1, 0.15) is 27.2 Å². The van der Waals surface area contributed by atoms with Gasteiger partial charge in [-0.1, -0.05) is 13.8 Å². The molecular weight excluding hydrogens is 138 g/mol. The Labute approximate surface area is 69.2 Å². The molecule has 2 nitrogen and oxygen atoms in total. The molecule has 0 aromatic carbocycles. The van der Waals surface area contributed by atoms with Crippen molar-refractivity contribution in [2.45, 2.75) is 39.3 Å². The van der Waals surface area contributed by atoms with Crippen LogP contribution in [0.15, 0.2) is 0 Å². The summed E-state index contributed by atoms with van der Waals surface area (Å²) in [5, 5.41) is 9.53. The predicted molar refractivity (Wildman–Crippen MR) is 46.5 cm³/mol. The smallest absolute Gasteiger partial charge is 0.0592 e. The lowest BCUT2D eigenvalue weighted by atomic mass is 9.89. The Bertz CT molecular complexity index is 125. The first-order valence-electron chi connectivity index (χ1n) is 4.59. The summed E-state index contributed by atoms with van der Waals surface area (Å²) in [5.41, 5.74) is 0. The summed E-state index contributed by atoms with van der Waals surface area (Å²) in [5.74, 6) is 0.434. The Morgan fingerprint density at radius 1 is 1.45 bits per heavy atom. The third kappa shape index (κ3) is 1.74. The maximum atomic E-state index is 9.53. The molecule has 0 unspecified atom stereocenters. The van der Waals surface area contributed by atoms with Crippen molar-refractivity contribution in [3.8, 4) is 0 Å². The molecule has 0 spiro atoms. The monoisotopic (exact) mass is 157 g/mol. The SMILES string of the molecule is CCN1CC[C@H](O)[C@@H](C)[C@@H]1C. The van der Waals surface area contributed by atoms with Crippen molar-refractivity contribution < 1.29 is 5.11 Å². The number of likely N-dealkylation sites (tertiary alicyclic amines) is 1. The molecule has 1 rings (SSSR count). The number of hydrogen-bond donors (Lipinski definition) is 1. The summed E-state index contributed by atoms with van der Waals surface area (Å²) < 4.78 is 0. The van der Waals surface area contributed by atoms with Gasteiger partial charge in [-0.2, -0.15) is 0 Å². The van der Waals surface area contributed by atoms with Gasteiger partial charge in [0.15, 0.2) is 0 Å². The second-order valence-electron chi connectivity index (χ2n) is 3.58. The van der Waals surface area contributed by atoms with Crippen molar-refractivity contribution in [1.82, 2.24) is 4.90 Å². The zero-order chi connectivity index (χ0) is 8.43. The topological polar surface area (TPSA) is 23.5 Å². The standard InChI is InChI=1S/C9H19NO/c1-4-10-6-5-9(11)7(2)8(10)3/h7-9,11H,4-6H2,1-3H3/t7-,8-,9-/m0/s1. The number of aliphatic hydroxyl groups excluding tert-OH is 1. The molecule has 1 fully saturated rings. The van der Waals surface area contributed by atoms with E-state index in [1.165, 1.54) is 0 Å². The normalized spacial score (nSPS) is 40.9. The van der Waals surface area contributed by atoms with Crippen LogP contribution in [0.5, 0.6) is 0 Å². The molecule has 0 aromatic rings. The highest BCUT2D eigenvalue weighted by molar-refractivity contribution is 4.83. The maximum absolute atomic E-state index is 9.53. The van der Waals surface area contributed by atoms with Crippen molar-refractivity contribution in [3.05, 3.63) is 0 Å². The van der Waals surface area contributed by atoms with Gasteiger partial charge < -0.3 is 10.0 Å². The van der Waals surface area contributed by atoms with Gasteiger partial charge in [-0.3, -0.25) is 0 Å². The van der Waals surface area contributed by atoms with Crippen LogP contribution in [0.25, 0.3) is 0 Å². The average molecular weight is 157 g/mol. The fourth-order valence-corrected chi connectivity index (χ4v) is 1.86. The Balaban J connectivity index is 2.52. The number of hydrogen-bond acceptors (Lipinski definition) is 2. The van der Waals surface area contributed by atoms with Gasteiger partial charge in [0.25, 0.3) is 0 Å².